The Hall–Kier alpha value is -8.75. The van der Waals surface area contributed by atoms with Crippen LogP contribution >= 0.6 is 0 Å². The van der Waals surface area contributed by atoms with Gasteiger partial charge in [-0.05, 0) is 99.0 Å². The van der Waals surface area contributed by atoms with Crippen molar-refractivity contribution in [2.75, 3.05) is 0 Å². The van der Waals surface area contributed by atoms with E-state index in [9.17, 15) is 0 Å². The van der Waals surface area contributed by atoms with E-state index < -0.39 is 0 Å². The lowest BCUT2D eigenvalue weighted by atomic mass is 9.34. The van der Waals surface area contributed by atoms with Crippen LogP contribution in [-0.4, -0.2) is 30.8 Å². The molecule has 5 aromatic heterocycles. The van der Waals surface area contributed by atoms with Gasteiger partial charge in [0.05, 0.1) is 11.0 Å². The second-order valence-electron chi connectivity index (χ2n) is 22.4. The third-order valence-corrected chi connectivity index (χ3v) is 16.0. The molecule has 16 rings (SSSR count). The molecule has 14 aromatic rings. The lowest BCUT2D eigenvalue weighted by molar-refractivity contribution is 0.591. The molecule has 7 heterocycles. The number of para-hydroxylation sites is 2. The van der Waals surface area contributed by atoms with Crippen LogP contribution in [0, 0.1) is 0 Å². The first-order chi connectivity index (χ1) is 35.5. The molecule has 346 valence electrons. The fourth-order valence-electron chi connectivity index (χ4n) is 12.6. The minimum atomic E-state index is -0.149. The highest BCUT2D eigenvalue weighted by molar-refractivity contribution is 7.00. The van der Waals surface area contributed by atoms with Gasteiger partial charge in [0, 0.05) is 82.2 Å². The van der Waals surface area contributed by atoms with E-state index in [0.29, 0.717) is 17.5 Å². The molecular weight excluding hydrogens is 894 g/mol. The summed E-state index contributed by atoms with van der Waals surface area (Å²) in [5.41, 5.74) is 19.4. The Balaban J connectivity index is 1.13. The first kappa shape index (κ1) is 40.9. The number of hydrogen-bond acceptors (Lipinski definition) is 5. The Labute approximate surface area is 420 Å². The zero-order chi connectivity index (χ0) is 48.8. The quantitative estimate of drug-likeness (QED) is 0.165. The Bertz CT molecular complexity index is 4460. The number of furan rings is 2. The summed E-state index contributed by atoms with van der Waals surface area (Å²) in [5, 5.41) is 9.38. The molecule has 73 heavy (non-hydrogen) atoms. The van der Waals surface area contributed by atoms with E-state index in [1.54, 1.807) is 0 Å². The number of fused-ring (bicyclic) bond motifs is 18. The van der Waals surface area contributed by atoms with Crippen LogP contribution in [0.1, 0.15) is 52.7 Å². The summed E-state index contributed by atoms with van der Waals surface area (Å²) >= 11 is 0. The minimum absolute atomic E-state index is 0.117. The summed E-state index contributed by atoms with van der Waals surface area (Å²) in [6.07, 6.45) is 0. The van der Waals surface area contributed by atoms with Gasteiger partial charge in [0.25, 0.3) is 6.71 Å². The van der Waals surface area contributed by atoms with Crippen LogP contribution < -0.4 is 16.4 Å². The van der Waals surface area contributed by atoms with Gasteiger partial charge in [-0.25, -0.2) is 15.0 Å². The van der Waals surface area contributed by atoms with Crippen LogP contribution in [0.2, 0.25) is 0 Å². The molecule has 2 aliphatic rings. The number of aromatic nitrogens is 5. The zero-order valence-corrected chi connectivity index (χ0v) is 41.3. The average Bonchev–Trinajstić information content (AvgIpc) is 4.17. The fraction of sp³-hybridized carbons (Fsp3) is 0.123. The molecule has 0 bridgehead atoms. The molecule has 0 spiro atoms. The first-order valence-electron chi connectivity index (χ1n) is 25.4. The molecule has 0 unspecified atom stereocenters. The second kappa shape index (κ2) is 14.0. The molecule has 2 aliphatic heterocycles. The van der Waals surface area contributed by atoms with Crippen LogP contribution in [0.15, 0.2) is 179 Å². The molecule has 0 fully saturated rings. The molecule has 0 atom stereocenters. The predicted octanol–water partition coefficient (Wildman–Crippen LogP) is 14.6. The SMILES string of the molecule is CC(C)(C)c1cc2c3c(c1)c1c4c(ccc1n3-c1cc(-c3nc(-c5ccccc5)nc(-c5ccccc5)n3)cc3c1B2c1cc(C(C)(C)C)cc2c5c6c(ccc5n-3c12)oc1ccccc16)oc1ccccc14. The van der Waals surface area contributed by atoms with Gasteiger partial charge < -0.3 is 18.0 Å². The molecule has 0 aliphatic carbocycles. The summed E-state index contributed by atoms with van der Waals surface area (Å²) in [4.78, 5) is 15.9. The number of benzene rings is 9. The molecule has 0 N–H and O–H groups in total. The van der Waals surface area contributed by atoms with E-state index >= 15 is 0 Å². The lowest BCUT2D eigenvalue weighted by Gasteiger charge is -2.35. The van der Waals surface area contributed by atoms with Crippen molar-refractivity contribution in [3.8, 4) is 45.5 Å². The van der Waals surface area contributed by atoms with Crippen molar-refractivity contribution < 1.29 is 8.83 Å². The summed E-state index contributed by atoms with van der Waals surface area (Å²) in [6.45, 7) is 13.9. The van der Waals surface area contributed by atoms with E-state index in [1.165, 1.54) is 60.1 Å². The number of hydrogen-bond donors (Lipinski definition) is 0. The Kier molecular flexibility index (Phi) is 7.86. The van der Waals surface area contributed by atoms with Gasteiger partial charge in [-0.1, -0.05) is 151 Å². The van der Waals surface area contributed by atoms with Crippen molar-refractivity contribution >= 4 is 111 Å². The van der Waals surface area contributed by atoms with Crippen molar-refractivity contribution in [1.82, 2.24) is 24.1 Å². The smallest absolute Gasteiger partial charge is 0.252 e. The highest BCUT2D eigenvalue weighted by atomic mass is 16.3. The maximum absolute atomic E-state index is 6.67. The van der Waals surface area contributed by atoms with Crippen LogP contribution in [-0.2, 0) is 10.8 Å². The maximum atomic E-state index is 6.67. The monoisotopic (exact) mass is 939 g/mol. The van der Waals surface area contributed by atoms with Crippen LogP contribution in [0.3, 0.4) is 0 Å². The van der Waals surface area contributed by atoms with Gasteiger partial charge >= 0.3 is 0 Å². The zero-order valence-electron chi connectivity index (χ0n) is 41.3. The molecule has 0 saturated heterocycles. The van der Waals surface area contributed by atoms with E-state index in [4.69, 9.17) is 23.8 Å². The molecule has 0 radical (unpaired) electrons. The first-order valence-corrected chi connectivity index (χ1v) is 25.4. The van der Waals surface area contributed by atoms with Crippen molar-refractivity contribution in [3.05, 3.63) is 181 Å². The molecule has 7 nitrogen and oxygen atoms in total. The van der Waals surface area contributed by atoms with Gasteiger partial charge in [0.1, 0.15) is 22.3 Å². The van der Waals surface area contributed by atoms with Gasteiger partial charge in [0.15, 0.2) is 17.5 Å². The third-order valence-electron chi connectivity index (χ3n) is 16.0. The van der Waals surface area contributed by atoms with E-state index in [2.05, 4.69) is 184 Å². The van der Waals surface area contributed by atoms with Crippen LogP contribution in [0.25, 0.3) is 133 Å². The maximum Gasteiger partial charge on any atom is 0.252 e. The topological polar surface area (TPSA) is 74.8 Å². The normalized spacial score (nSPS) is 13.3. The van der Waals surface area contributed by atoms with Crippen LogP contribution in [0.5, 0.6) is 0 Å². The molecule has 0 amide bonds. The Morgan fingerprint density at radius 2 is 0.795 bits per heavy atom. The number of rotatable bonds is 3. The predicted molar refractivity (Wildman–Crippen MR) is 301 cm³/mol. The van der Waals surface area contributed by atoms with Crippen molar-refractivity contribution in [2.45, 2.75) is 52.4 Å². The van der Waals surface area contributed by atoms with E-state index in [1.807, 2.05) is 36.4 Å². The highest BCUT2D eigenvalue weighted by Gasteiger charge is 2.43. The van der Waals surface area contributed by atoms with Gasteiger partial charge in [-0.3, -0.25) is 0 Å². The largest absolute Gasteiger partial charge is 0.456 e. The Morgan fingerprint density at radius 3 is 1.23 bits per heavy atom. The van der Waals surface area contributed by atoms with Crippen LogP contribution in [0.4, 0.5) is 0 Å². The van der Waals surface area contributed by atoms with Gasteiger partial charge in [0.2, 0.25) is 0 Å². The molecule has 0 saturated carbocycles. The third kappa shape index (κ3) is 5.53. The van der Waals surface area contributed by atoms with Gasteiger partial charge in [-0.15, -0.1) is 0 Å². The molecular formula is C65H46BN5O2. The highest BCUT2D eigenvalue weighted by Crippen LogP contribution is 2.48. The van der Waals surface area contributed by atoms with Crippen molar-refractivity contribution in [1.29, 1.82) is 0 Å². The average molecular weight is 940 g/mol. The fourth-order valence-corrected chi connectivity index (χ4v) is 12.6. The summed E-state index contributed by atoms with van der Waals surface area (Å²) in [7, 11) is 0. The molecule has 9 aromatic carbocycles. The summed E-state index contributed by atoms with van der Waals surface area (Å²) in [6, 6.07) is 61.2. The summed E-state index contributed by atoms with van der Waals surface area (Å²) in [5.74, 6) is 1.86. The van der Waals surface area contributed by atoms with E-state index in [-0.39, 0.29) is 17.5 Å². The number of nitrogens with zero attached hydrogens (tertiary/aromatic N) is 5. The molecule has 8 heteroatoms. The van der Waals surface area contributed by atoms with Crippen molar-refractivity contribution in [3.63, 3.8) is 0 Å². The standard InChI is InChI=1S/C65H46BN5O2/c1-64(2,3)38-31-42-54-46(25-27-52-56(54)40-21-13-15-23-50(40)72-52)70-48-29-37(63-68-61(35-17-9-7-10-18-35)67-62(69-63)36-19-11-8-12-20-36)30-49-58(48)66(44(33-38)59(42)70)45-34-39(65(4,5)6)32-43-55-47(71(49)60(43)45)26-28-53-57(55)41-22-14-16-24-51(41)73-53/h7-34H,1-6H3. The minimum Gasteiger partial charge on any atom is -0.456 e. The summed E-state index contributed by atoms with van der Waals surface area (Å²) < 4.78 is 18.5. The lowest BCUT2D eigenvalue weighted by Crippen LogP contribution is -2.59. The Morgan fingerprint density at radius 1 is 0.384 bits per heavy atom. The van der Waals surface area contributed by atoms with E-state index in [0.717, 1.165) is 83.0 Å². The van der Waals surface area contributed by atoms with Gasteiger partial charge in [-0.2, -0.15) is 0 Å². The van der Waals surface area contributed by atoms with Crippen molar-refractivity contribution in [2.24, 2.45) is 0 Å². The second-order valence-corrected chi connectivity index (χ2v) is 22.4.